The Bertz CT molecular complexity index is 451. The maximum absolute atomic E-state index is 11.9. The third kappa shape index (κ3) is 4.97. The highest BCUT2D eigenvalue weighted by Gasteiger charge is 2.27. The molecule has 6 nitrogen and oxygen atoms in total. The van der Waals surface area contributed by atoms with E-state index in [4.69, 9.17) is 16.3 Å². The lowest BCUT2D eigenvalue weighted by Gasteiger charge is -2.08. The lowest BCUT2D eigenvalue weighted by molar-refractivity contribution is -0.174. The van der Waals surface area contributed by atoms with Crippen LogP contribution in [-0.2, 0) is 21.9 Å². The van der Waals surface area contributed by atoms with Crippen molar-refractivity contribution in [3.63, 3.8) is 0 Å². The van der Waals surface area contributed by atoms with Gasteiger partial charge >= 0.3 is 12.1 Å². The maximum Gasteiger partial charge on any atom is 0.411 e. The molecule has 0 aliphatic carbocycles. The van der Waals surface area contributed by atoms with Gasteiger partial charge in [0.15, 0.2) is 5.69 Å². The third-order valence-corrected chi connectivity index (χ3v) is 2.40. The second kappa shape index (κ2) is 7.44. The maximum atomic E-state index is 11.9. The molecule has 1 heterocycles. The molecular weight excluding hydrogens is 303 g/mol. The lowest BCUT2D eigenvalue weighted by Crippen LogP contribution is -2.20. The number of nitrogens with zero attached hydrogens (tertiary/aromatic N) is 3. The molecule has 1 aromatic rings. The summed E-state index contributed by atoms with van der Waals surface area (Å²) in [6, 6.07) is 0. The molecule has 0 spiro atoms. The third-order valence-electron chi connectivity index (χ3n) is 2.15. The number of esters is 1. The van der Waals surface area contributed by atoms with Crippen LogP contribution in [0.1, 0.15) is 23.1 Å². The van der Waals surface area contributed by atoms with Crippen molar-refractivity contribution < 1.29 is 27.4 Å². The smallest absolute Gasteiger partial charge is 0.411 e. The van der Waals surface area contributed by atoms with Gasteiger partial charge in [-0.25, -0.2) is 9.48 Å². The monoisotopic (exact) mass is 315 g/mol. The number of carbonyl (C=O) groups is 1. The van der Waals surface area contributed by atoms with Gasteiger partial charge in [0, 0.05) is 0 Å². The Balaban J connectivity index is 2.60. The van der Waals surface area contributed by atoms with E-state index in [9.17, 15) is 18.0 Å². The molecule has 0 bridgehead atoms. The van der Waals surface area contributed by atoms with E-state index in [0.717, 1.165) is 0 Å². The van der Waals surface area contributed by atoms with Gasteiger partial charge in [0.2, 0.25) is 0 Å². The van der Waals surface area contributed by atoms with Crippen molar-refractivity contribution in [1.29, 1.82) is 0 Å². The largest absolute Gasteiger partial charge is 0.461 e. The standard InChI is InChI=1S/C10H13ClF3N3O3/c1-2-20-9(18)8-7(5-11)17(16-15-8)3-4-19-6-10(12,13)14/h2-6H2,1H3. The molecule has 0 unspecified atom stereocenters. The molecule has 0 aromatic carbocycles. The van der Waals surface area contributed by atoms with Gasteiger partial charge in [0.05, 0.1) is 31.3 Å². The van der Waals surface area contributed by atoms with E-state index in [1.165, 1.54) is 4.68 Å². The molecule has 0 radical (unpaired) electrons. The first-order valence-corrected chi connectivity index (χ1v) is 6.22. The fourth-order valence-corrected chi connectivity index (χ4v) is 1.61. The number of aromatic nitrogens is 3. The lowest BCUT2D eigenvalue weighted by atomic mass is 10.3. The number of hydrogen-bond donors (Lipinski definition) is 0. The molecule has 20 heavy (non-hydrogen) atoms. The van der Waals surface area contributed by atoms with Crippen molar-refractivity contribution in [3.05, 3.63) is 11.4 Å². The summed E-state index contributed by atoms with van der Waals surface area (Å²) >= 11 is 5.68. The van der Waals surface area contributed by atoms with Crippen LogP contribution in [0.3, 0.4) is 0 Å². The van der Waals surface area contributed by atoms with E-state index in [2.05, 4.69) is 15.0 Å². The predicted molar refractivity (Wildman–Crippen MR) is 62.4 cm³/mol. The highest BCUT2D eigenvalue weighted by molar-refractivity contribution is 6.17. The van der Waals surface area contributed by atoms with Crippen LogP contribution in [0.4, 0.5) is 13.2 Å². The van der Waals surface area contributed by atoms with Crippen molar-refractivity contribution in [2.75, 3.05) is 19.8 Å². The number of carbonyl (C=O) groups excluding carboxylic acids is 1. The molecule has 0 saturated carbocycles. The highest BCUT2D eigenvalue weighted by atomic mass is 35.5. The molecule has 1 aromatic heterocycles. The van der Waals surface area contributed by atoms with Crippen LogP contribution in [0.5, 0.6) is 0 Å². The summed E-state index contributed by atoms with van der Waals surface area (Å²) in [4.78, 5) is 11.5. The van der Waals surface area contributed by atoms with Crippen molar-refractivity contribution in [2.45, 2.75) is 25.5 Å². The summed E-state index contributed by atoms with van der Waals surface area (Å²) in [5.41, 5.74) is 0.235. The van der Waals surface area contributed by atoms with Gasteiger partial charge < -0.3 is 9.47 Å². The van der Waals surface area contributed by atoms with Crippen LogP contribution >= 0.6 is 11.6 Å². The molecule has 1 rings (SSSR count). The van der Waals surface area contributed by atoms with Crippen molar-refractivity contribution in [1.82, 2.24) is 15.0 Å². The second-order valence-corrected chi connectivity index (χ2v) is 3.90. The number of ether oxygens (including phenoxy) is 2. The Kier molecular flexibility index (Phi) is 6.21. The quantitative estimate of drug-likeness (QED) is 0.436. The number of rotatable bonds is 7. The molecule has 10 heteroatoms. The average Bonchev–Trinajstić information content (AvgIpc) is 2.76. The second-order valence-electron chi connectivity index (χ2n) is 3.63. The van der Waals surface area contributed by atoms with Crippen LogP contribution < -0.4 is 0 Å². The summed E-state index contributed by atoms with van der Waals surface area (Å²) in [7, 11) is 0. The molecule has 0 aliphatic heterocycles. The summed E-state index contributed by atoms with van der Waals surface area (Å²) in [6.07, 6.45) is -4.38. The van der Waals surface area contributed by atoms with Gasteiger partial charge in [0.1, 0.15) is 6.61 Å². The zero-order valence-electron chi connectivity index (χ0n) is 10.6. The molecule has 0 fully saturated rings. The minimum absolute atomic E-state index is 0.00450. The topological polar surface area (TPSA) is 66.2 Å². The van der Waals surface area contributed by atoms with Gasteiger partial charge in [0.25, 0.3) is 0 Å². The van der Waals surface area contributed by atoms with E-state index in [-0.39, 0.29) is 37.0 Å². The highest BCUT2D eigenvalue weighted by Crippen LogP contribution is 2.15. The van der Waals surface area contributed by atoms with Gasteiger partial charge in [-0.05, 0) is 6.92 Å². The molecular formula is C10H13ClF3N3O3. The predicted octanol–water partition coefficient (Wildman–Crippen LogP) is 1.77. The Morgan fingerprint density at radius 1 is 1.45 bits per heavy atom. The van der Waals surface area contributed by atoms with E-state index < -0.39 is 18.8 Å². The summed E-state index contributed by atoms with van der Waals surface area (Å²) < 4.78 is 46.1. The minimum Gasteiger partial charge on any atom is -0.461 e. The first-order chi connectivity index (χ1) is 9.39. The van der Waals surface area contributed by atoms with Crippen molar-refractivity contribution >= 4 is 17.6 Å². The Morgan fingerprint density at radius 2 is 2.15 bits per heavy atom. The van der Waals surface area contributed by atoms with Gasteiger partial charge in [-0.1, -0.05) is 5.21 Å². The molecule has 0 N–H and O–H groups in total. The number of alkyl halides is 4. The zero-order chi connectivity index (χ0) is 15.2. The minimum atomic E-state index is -4.38. The van der Waals surface area contributed by atoms with Crippen LogP contribution in [0, 0.1) is 0 Å². The number of hydrogen-bond acceptors (Lipinski definition) is 5. The Hall–Kier alpha value is -1.35. The zero-order valence-corrected chi connectivity index (χ0v) is 11.4. The summed E-state index contributed by atoms with van der Waals surface area (Å²) in [5.74, 6) is -0.744. The van der Waals surface area contributed by atoms with Gasteiger partial charge in [-0.3, -0.25) is 0 Å². The summed E-state index contributed by atoms with van der Waals surface area (Å²) in [5, 5.41) is 7.25. The summed E-state index contributed by atoms with van der Waals surface area (Å²) in [6.45, 7) is 0.234. The fraction of sp³-hybridized carbons (Fsp3) is 0.700. The van der Waals surface area contributed by atoms with Crippen molar-refractivity contribution in [2.24, 2.45) is 0 Å². The molecule has 114 valence electrons. The van der Waals surface area contributed by atoms with Crippen LogP contribution in [0.2, 0.25) is 0 Å². The molecule has 0 amide bonds. The first-order valence-electron chi connectivity index (χ1n) is 5.69. The molecule has 0 aliphatic rings. The molecule has 0 saturated heterocycles. The van der Waals surface area contributed by atoms with Crippen molar-refractivity contribution in [3.8, 4) is 0 Å². The first kappa shape index (κ1) is 16.7. The number of halogens is 4. The molecule has 0 atom stereocenters. The van der Waals surface area contributed by atoms with E-state index in [1.54, 1.807) is 6.92 Å². The van der Waals surface area contributed by atoms with E-state index in [0.29, 0.717) is 0 Å². The van der Waals surface area contributed by atoms with E-state index >= 15 is 0 Å². The Morgan fingerprint density at radius 3 is 2.70 bits per heavy atom. The van der Waals surface area contributed by atoms with E-state index in [1.807, 2.05) is 0 Å². The SMILES string of the molecule is CCOC(=O)c1nnn(CCOCC(F)(F)F)c1CCl. The van der Waals surface area contributed by atoms with Crippen LogP contribution in [0.25, 0.3) is 0 Å². The van der Waals surface area contributed by atoms with Gasteiger partial charge in [-0.15, -0.1) is 16.7 Å². The normalized spacial score (nSPS) is 11.7. The van der Waals surface area contributed by atoms with Crippen LogP contribution in [-0.4, -0.2) is 47.0 Å². The average molecular weight is 316 g/mol. The fourth-order valence-electron chi connectivity index (χ4n) is 1.34. The van der Waals surface area contributed by atoms with Gasteiger partial charge in [-0.2, -0.15) is 13.2 Å². The Labute approximate surface area is 117 Å². The van der Waals surface area contributed by atoms with Crippen LogP contribution in [0.15, 0.2) is 0 Å².